The third kappa shape index (κ3) is 3.72. The van der Waals surface area contributed by atoms with Gasteiger partial charge in [-0.15, -0.1) is 0 Å². The van der Waals surface area contributed by atoms with Crippen molar-refractivity contribution in [2.45, 2.75) is 13.0 Å². The van der Waals surface area contributed by atoms with Crippen LogP contribution >= 0.6 is 0 Å². The number of hydrogen-bond acceptors (Lipinski definition) is 3. The van der Waals surface area contributed by atoms with Crippen LogP contribution in [0.4, 0.5) is 5.69 Å². The minimum absolute atomic E-state index is 1.08. The second-order valence-corrected chi connectivity index (χ2v) is 5.49. The van der Waals surface area contributed by atoms with Crippen molar-refractivity contribution in [3.63, 3.8) is 0 Å². The van der Waals surface area contributed by atoms with Gasteiger partial charge in [-0.2, -0.15) is 0 Å². The van der Waals surface area contributed by atoms with Crippen molar-refractivity contribution in [1.82, 2.24) is 9.80 Å². The van der Waals surface area contributed by atoms with Gasteiger partial charge in [0.15, 0.2) is 0 Å². The minimum atomic E-state index is 1.08. The highest BCUT2D eigenvalue weighted by atomic mass is 15.2. The van der Waals surface area contributed by atoms with Crippen molar-refractivity contribution < 1.29 is 0 Å². The molecule has 0 atom stereocenters. The largest absolute Gasteiger partial charge is 0.378 e. The van der Waals surface area contributed by atoms with Crippen molar-refractivity contribution >= 4 is 5.69 Å². The molecule has 0 aliphatic carbocycles. The lowest BCUT2D eigenvalue weighted by atomic mass is 10.2. The maximum Gasteiger partial charge on any atom is 0.0361 e. The minimum Gasteiger partial charge on any atom is -0.378 e. The van der Waals surface area contributed by atoms with Gasteiger partial charge in [0.2, 0.25) is 0 Å². The van der Waals surface area contributed by atoms with Gasteiger partial charge in [-0.3, -0.25) is 4.90 Å². The van der Waals surface area contributed by atoms with Crippen LogP contribution in [0.25, 0.3) is 0 Å². The molecule has 0 unspecified atom stereocenters. The molecule has 1 aliphatic rings. The maximum absolute atomic E-state index is 2.56. The molecule has 1 aliphatic heterocycles. The first-order valence-electron chi connectivity index (χ1n) is 6.82. The molecule has 0 aromatic heterocycles. The molecule has 3 heteroatoms. The molecule has 1 fully saturated rings. The van der Waals surface area contributed by atoms with E-state index in [0.29, 0.717) is 0 Å². The highest BCUT2D eigenvalue weighted by molar-refractivity contribution is 5.45. The van der Waals surface area contributed by atoms with Crippen molar-refractivity contribution in [3.05, 3.63) is 29.8 Å². The highest BCUT2D eigenvalue weighted by Gasteiger charge is 2.12. The van der Waals surface area contributed by atoms with Crippen molar-refractivity contribution in [2.75, 3.05) is 52.2 Å². The van der Waals surface area contributed by atoms with Gasteiger partial charge < -0.3 is 9.80 Å². The summed E-state index contributed by atoms with van der Waals surface area (Å²) in [5.41, 5.74) is 2.69. The Hall–Kier alpha value is -1.06. The molecule has 1 saturated heterocycles. The number of hydrogen-bond donors (Lipinski definition) is 0. The van der Waals surface area contributed by atoms with E-state index >= 15 is 0 Å². The van der Waals surface area contributed by atoms with Crippen LogP contribution in [0, 0.1) is 0 Å². The Morgan fingerprint density at radius 1 is 1.00 bits per heavy atom. The smallest absolute Gasteiger partial charge is 0.0361 e. The van der Waals surface area contributed by atoms with E-state index in [9.17, 15) is 0 Å². The van der Waals surface area contributed by atoms with E-state index in [1.54, 1.807) is 0 Å². The third-order valence-electron chi connectivity index (χ3n) is 3.67. The number of benzene rings is 1. The molecular weight excluding hydrogens is 222 g/mol. The first kappa shape index (κ1) is 13.4. The zero-order valence-corrected chi connectivity index (χ0v) is 11.9. The average Bonchev–Trinajstić information content (AvgIpc) is 2.55. The zero-order valence-electron chi connectivity index (χ0n) is 11.9. The monoisotopic (exact) mass is 247 g/mol. The van der Waals surface area contributed by atoms with Gasteiger partial charge in [-0.1, -0.05) is 12.1 Å². The molecule has 1 heterocycles. The quantitative estimate of drug-likeness (QED) is 0.807. The van der Waals surface area contributed by atoms with Crippen LogP contribution in [0.3, 0.4) is 0 Å². The molecule has 3 nitrogen and oxygen atoms in total. The van der Waals surface area contributed by atoms with Crippen LogP contribution in [0.1, 0.15) is 12.0 Å². The molecule has 0 saturated carbocycles. The first-order chi connectivity index (χ1) is 8.65. The molecule has 0 amide bonds. The van der Waals surface area contributed by atoms with E-state index in [0.717, 1.165) is 6.54 Å². The average molecular weight is 247 g/mol. The normalized spacial score (nSPS) is 18.6. The summed E-state index contributed by atoms with van der Waals surface area (Å²) >= 11 is 0. The molecule has 0 N–H and O–H groups in total. The van der Waals surface area contributed by atoms with Crippen LogP contribution in [0.5, 0.6) is 0 Å². The number of rotatable bonds is 3. The first-order valence-corrected chi connectivity index (χ1v) is 6.82. The fraction of sp³-hybridized carbons (Fsp3) is 0.600. The lowest BCUT2D eigenvalue weighted by molar-refractivity contribution is 0.269. The Balaban J connectivity index is 1.92. The Bertz CT molecular complexity index is 359. The number of anilines is 1. The molecule has 1 aromatic carbocycles. The summed E-state index contributed by atoms with van der Waals surface area (Å²) in [6.45, 7) is 5.92. The topological polar surface area (TPSA) is 9.72 Å². The SMILES string of the molecule is CN1CCCN(Cc2ccc(N(C)C)cc2)CC1. The summed E-state index contributed by atoms with van der Waals surface area (Å²) in [5.74, 6) is 0. The van der Waals surface area contributed by atoms with E-state index < -0.39 is 0 Å². The molecule has 0 radical (unpaired) electrons. The molecule has 18 heavy (non-hydrogen) atoms. The molecular formula is C15H25N3. The van der Waals surface area contributed by atoms with Gasteiger partial charge in [0.05, 0.1) is 0 Å². The van der Waals surface area contributed by atoms with E-state index in [1.807, 2.05) is 0 Å². The zero-order chi connectivity index (χ0) is 13.0. The van der Waals surface area contributed by atoms with Gasteiger partial charge in [0.1, 0.15) is 0 Å². The Morgan fingerprint density at radius 2 is 1.72 bits per heavy atom. The van der Waals surface area contributed by atoms with Crippen LogP contribution in [-0.2, 0) is 6.54 Å². The van der Waals surface area contributed by atoms with Crippen LogP contribution in [0.2, 0.25) is 0 Å². The summed E-state index contributed by atoms with van der Waals surface area (Å²) < 4.78 is 0. The second kappa shape index (κ2) is 6.21. The van der Waals surface area contributed by atoms with Gasteiger partial charge in [0.25, 0.3) is 0 Å². The van der Waals surface area contributed by atoms with Gasteiger partial charge in [0, 0.05) is 39.4 Å². The summed E-state index contributed by atoms with van der Waals surface area (Å²) in [7, 11) is 6.38. The van der Waals surface area contributed by atoms with E-state index in [-0.39, 0.29) is 0 Å². The van der Waals surface area contributed by atoms with Crippen molar-refractivity contribution in [2.24, 2.45) is 0 Å². The molecule has 1 aromatic rings. The lowest BCUT2D eigenvalue weighted by Gasteiger charge is -2.20. The Morgan fingerprint density at radius 3 is 2.39 bits per heavy atom. The summed E-state index contributed by atoms with van der Waals surface area (Å²) in [6, 6.07) is 8.92. The number of likely N-dealkylation sites (N-methyl/N-ethyl adjacent to an activating group) is 1. The maximum atomic E-state index is 2.56. The van der Waals surface area contributed by atoms with Gasteiger partial charge in [-0.25, -0.2) is 0 Å². The second-order valence-electron chi connectivity index (χ2n) is 5.49. The van der Waals surface area contributed by atoms with Gasteiger partial charge >= 0.3 is 0 Å². The molecule has 0 spiro atoms. The van der Waals surface area contributed by atoms with Crippen LogP contribution in [0.15, 0.2) is 24.3 Å². The van der Waals surface area contributed by atoms with E-state index in [4.69, 9.17) is 0 Å². The number of nitrogens with zero attached hydrogens (tertiary/aromatic N) is 3. The molecule has 2 rings (SSSR count). The van der Waals surface area contributed by atoms with Crippen molar-refractivity contribution in [3.8, 4) is 0 Å². The summed E-state index contributed by atoms with van der Waals surface area (Å²) in [6.07, 6.45) is 1.28. The molecule has 100 valence electrons. The fourth-order valence-corrected chi connectivity index (χ4v) is 2.42. The highest BCUT2D eigenvalue weighted by Crippen LogP contribution is 2.14. The third-order valence-corrected chi connectivity index (χ3v) is 3.67. The fourth-order valence-electron chi connectivity index (χ4n) is 2.42. The Labute approximate surface area is 111 Å². The van der Waals surface area contributed by atoms with E-state index in [2.05, 4.69) is 60.1 Å². The standard InChI is InChI=1S/C15H25N3/c1-16(2)15-7-5-14(6-8-15)13-18-10-4-9-17(3)11-12-18/h5-8H,4,9-13H2,1-3H3. The van der Waals surface area contributed by atoms with Crippen LogP contribution in [-0.4, -0.2) is 57.1 Å². The van der Waals surface area contributed by atoms with E-state index in [1.165, 1.54) is 43.9 Å². The lowest BCUT2D eigenvalue weighted by Crippen LogP contribution is -2.28. The molecule has 0 bridgehead atoms. The van der Waals surface area contributed by atoms with Crippen molar-refractivity contribution in [1.29, 1.82) is 0 Å². The summed E-state index contributed by atoms with van der Waals surface area (Å²) in [4.78, 5) is 7.13. The Kier molecular flexibility index (Phi) is 4.61. The van der Waals surface area contributed by atoms with Gasteiger partial charge in [-0.05, 0) is 44.3 Å². The summed E-state index contributed by atoms with van der Waals surface area (Å²) in [5, 5.41) is 0. The predicted molar refractivity (Wildman–Crippen MR) is 78.2 cm³/mol. The predicted octanol–water partition coefficient (Wildman–Crippen LogP) is 1.89. The van der Waals surface area contributed by atoms with Crippen LogP contribution < -0.4 is 4.90 Å².